The Bertz CT molecular complexity index is 897. The van der Waals surface area contributed by atoms with Crippen molar-refractivity contribution < 1.29 is 4.79 Å². The van der Waals surface area contributed by atoms with Gasteiger partial charge in [0.05, 0.1) is 5.01 Å². The Morgan fingerprint density at radius 1 is 1.29 bits per heavy atom. The second kappa shape index (κ2) is 6.02. The number of hydrogen-bond acceptors (Lipinski definition) is 4. The molecule has 6 heteroatoms. The van der Waals surface area contributed by atoms with Crippen LogP contribution in [0.5, 0.6) is 0 Å². The van der Waals surface area contributed by atoms with E-state index >= 15 is 0 Å². The molecule has 1 saturated heterocycles. The zero-order chi connectivity index (χ0) is 16.7. The van der Waals surface area contributed by atoms with Gasteiger partial charge in [-0.2, -0.15) is 0 Å². The van der Waals surface area contributed by atoms with Gasteiger partial charge in [0.15, 0.2) is 0 Å². The molecular formula is C18H20N4OS. The number of imidazole rings is 1. The third-order valence-electron chi connectivity index (χ3n) is 4.52. The first-order valence-corrected chi connectivity index (χ1v) is 9.09. The first-order chi connectivity index (χ1) is 11.6. The Morgan fingerprint density at radius 3 is 2.96 bits per heavy atom. The van der Waals surface area contributed by atoms with Gasteiger partial charge in [0.1, 0.15) is 11.3 Å². The second-order valence-electron chi connectivity index (χ2n) is 6.50. The van der Waals surface area contributed by atoms with Gasteiger partial charge in [-0.3, -0.25) is 4.79 Å². The lowest BCUT2D eigenvalue weighted by Crippen LogP contribution is -2.39. The van der Waals surface area contributed by atoms with E-state index in [2.05, 4.69) is 16.9 Å². The number of nitrogens with zero attached hydrogens (tertiary/aromatic N) is 4. The molecule has 0 aliphatic carbocycles. The molecular weight excluding hydrogens is 320 g/mol. The number of pyridine rings is 1. The van der Waals surface area contributed by atoms with Crippen LogP contribution in [0, 0.1) is 13.8 Å². The molecule has 3 aromatic heterocycles. The zero-order valence-electron chi connectivity index (χ0n) is 13.9. The molecule has 24 heavy (non-hydrogen) atoms. The molecule has 1 aliphatic rings. The van der Waals surface area contributed by atoms with Crippen LogP contribution in [0.2, 0.25) is 0 Å². The van der Waals surface area contributed by atoms with Crippen molar-refractivity contribution in [2.24, 2.45) is 0 Å². The summed E-state index contributed by atoms with van der Waals surface area (Å²) in [5.74, 6) is 0.370. The predicted octanol–water partition coefficient (Wildman–Crippen LogP) is 3.43. The summed E-state index contributed by atoms with van der Waals surface area (Å²) in [5.41, 5.74) is 2.49. The molecule has 5 nitrogen and oxygen atoms in total. The van der Waals surface area contributed by atoms with Gasteiger partial charge in [-0.1, -0.05) is 6.07 Å². The fourth-order valence-corrected chi connectivity index (χ4v) is 4.19. The van der Waals surface area contributed by atoms with Crippen molar-refractivity contribution in [3.8, 4) is 0 Å². The van der Waals surface area contributed by atoms with Crippen LogP contribution in [0.1, 0.15) is 44.7 Å². The van der Waals surface area contributed by atoms with Crippen LogP contribution in [0.25, 0.3) is 5.65 Å². The van der Waals surface area contributed by atoms with Crippen molar-refractivity contribution in [2.45, 2.75) is 32.6 Å². The van der Waals surface area contributed by atoms with Crippen LogP contribution in [0.4, 0.5) is 0 Å². The van der Waals surface area contributed by atoms with Crippen LogP contribution in [-0.4, -0.2) is 38.3 Å². The fraction of sp³-hybridized carbons (Fsp3) is 0.389. The summed E-state index contributed by atoms with van der Waals surface area (Å²) in [6, 6.07) is 3.96. The summed E-state index contributed by atoms with van der Waals surface area (Å²) in [6.45, 7) is 5.64. The summed E-state index contributed by atoms with van der Waals surface area (Å²) < 4.78 is 1.92. The van der Waals surface area contributed by atoms with E-state index in [9.17, 15) is 4.79 Å². The lowest BCUT2D eigenvalue weighted by Gasteiger charge is -2.31. The van der Waals surface area contributed by atoms with Crippen LogP contribution in [0.15, 0.2) is 30.7 Å². The van der Waals surface area contributed by atoms with Gasteiger partial charge in [0, 0.05) is 42.5 Å². The number of aryl methyl sites for hydroxylation is 2. The Morgan fingerprint density at radius 2 is 2.17 bits per heavy atom. The summed E-state index contributed by atoms with van der Waals surface area (Å²) in [7, 11) is 0. The average molecular weight is 340 g/mol. The number of rotatable bonds is 2. The highest BCUT2D eigenvalue weighted by molar-refractivity contribution is 7.11. The molecule has 0 spiro atoms. The molecule has 1 atom stereocenters. The van der Waals surface area contributed by atoms with Crippen molar-refractivity contribution in [3.63, 3.8) is 0 Å². The molecule has 1 fully saturated rings. The van der Waals surface area contributed by atoms with Gasteiger partial charge >= 0.3 is 0 Å². The maximum Gasteiger partial charge on any atom is 0.274 e. The van der Waals surface area contributed by atoms with Crippen LogP contribution in [-0.2, 0) is 0 Å². The van der Waals surface area contributed by atoms with E-state index in [1.807, 2.05) is 46.9 Å². The molecule has 0 aromatic carbocycles. The van der Waals surface area contributed by atoms with Crippen molar-refractivity contribution >= 4 is 22.9 Å². The minimum absolute atomic E-state index is 0.0225. The lowest BCUT2D eigenvalue weighted by molar-refractivity contribution is 0.0702. The summed E-state index contributed by atoms with van der Waals surface area (Å²) in [5, 5.41) is 1.15. The summed E-state index contributed by atoms with van der Waals surface area (Å²) in [6.07, 6.45) is 7.87. The van der Waals surface area contributed by atoms with Gasteiger partial charge < -0.3 is 9.30 Å². The van der Waals surface area contributed by atoms with E-state index in [-0.39, 0.29) is 5.91 Å². The topological polar surface area (TPSA) is 50.5 Å². The number of carbonyl (C=O) groups excluding carboxylic acids is 1. The van der Waals surface area contributed by atoms with E-state index in [4.69, 9.17) is 0 Å². The van der Waals surface area contributed by atoms with Gasteiger partial charge in [0.25, 0.3) is 5.91 Å². The SMILES string of the molecule is Cc1ccc2nc(C(=O)N3CCCC(c4ncc(C)s4)C3)cn2c1. The monoisotopic (exact) mass is 340 g/mol. The normalized spacial score (nSPS) is 18.2. The molecule has 0 bridgehead atoms. The van der Waals surface area contributed by atoms with E-state index in [1.54, 1.807) is 11.3 Å². The fourth-order valence-electron chi connectivity index (χ4n) is 3.29. The van der Waals surface area contributed by atoms with Crippen molar-refractivity contribution in [3.05, 3.63) is 51.9 Å². The summed E-state index contributed by atoms with van der Waals surface area (Å²) >= 11 is 1.74. The number of hydrogen-bond donors (Lipinski definition) is 0. The Balaban J connectivity index is 1.56. The first-order valence-electron chi connectivity index (χ1n) is 8.27. The standard InChI is InChI=1S/C18H20N4OS/c1-12-5-6-16-20-15(11-22(16)9-12)18(23)21-7-3-4-14(10-21)17-19-8-13(2)24-17/h5-6,8-9,11,14H,3-4,7,10H2,1-2H3. The molecule has 4 heterocycles. The maximum absolute atomic E-state index is 12.9. The van der Waals surface area contributed by atoms with Gasteiger partial charge in [-0.05, 0) is 38.3 Å². The number of amides is 1. The Kier molecular flexibility index (Phi) is 3.84. The molecule has 1 aliphatic heterocycles. The third-order valence-corrected chi connectivity index (χ3v) is 5.59. The van der Waals surface area contributed by atoms with Crippen LogP contribution >= 0.6 is 11.3 Å². The minimum atomic E-state index is 0.0225. The molecule has 124 valence electrons. The van der Waals surface area contributed by atoms with Crippen molar-refractivity contribution in [1.82, 2.24) is 19.3 Å². The van der Waals surface area contributed by atoms with Crippen molar-refractivity contribution in [2.75, 3.05) is 13.1 Å². The minimum Gasteiger partial charge on any atom is -0.337 e. The number of carbonyl (C=O) groups is 1. The van der Waals surface area contributed by atoms with Crippen LogP contribution < -0.4 is 0 Å². The number of aromatic nitrogens is 3. The van der Waals surface area contributed by atoms with E-state index < -0.39 is 0 Å². The predicted molar refractivity (Wildman–Crippen MR) is 94.7 cm³/mol. The Hall–Kier alpha value is -2.21. The molecule has 4 rings (SSSR count). The third kappa shape index (κ3) is 2.82. The number of thiazole rings is 1. The van der Waals surface area contributed by atoms with E-state index in [0.717, 1.165) is 42.1 Å². The maximum atomic E-state index is 12.9. The highest BCUT2D eigenvalue weighted by Crippen LogP contribution is 2.30. The largest absolute Gasteiger partial charge is 0.337 e. The molecule has 0 N–H and O–H groups in total. The number of piperidine rings is 1. The molecule has 3 aromatic rings. The van der Waals surface area contributed by atoms with Gasteiger partial charge in [-0.15, -0.1) is 11.3 Å². The van der Waals surface area contributed by atoms with Gasteiger partial charge in [-0.25, -0.2) is 9.97 Å². The highest BCUT2D eigenvalue weighted by atomic mass is 32.1. The molecule has 0 radical (unpaired) electrons. The quantitative estimate of drug-likeness (QED) is 0.718. The van der Waals surface area contributed by atoms with Gasteiger partial charge in [0.2, 0.25) is 0 Å². The lowest BCUT2D eigenvalue weighted by atomic mass is 9.98. The van der Waals surface area contributed by atoms with E-state index in [0.29, 0.717) is 11.6 Å². The average Bonchev–Trinajstić information content (AvgIpc) is 3.20. The van der Waals surface area contributed by atoms with E-state index in [1.165, 1.54) is 4.88 Å². The number of likely N-dealkylation sites (tertiary alicyclic amines) is 1. The number of fused-ring (bicyclic) bond motifs is 1. The molecule has 1 amide bonds. The van der Waals surface area contributed by atoms with Crippen molar-refractivity contribution in [1.29, 1.82) is 0 Å². The molecule has 0 saturated carbocycles. The smallest absolute Gasteiger partial charge is 0.274 e. The summed E-state index contributed by atoms with van der Waals surface area (Å²) in [4.78, 5) is 25.0. The highest BCUT2D eigenvalue weighted by Gasteiger charge is 2.28. The first kappa shape index (κ1) is 15.3. The Labute approximate surface area is 145 Å². The van der Waals surface area contributed by atoms with Crippen LogP contribution in [0.3, 0.4) is 0 Å². The zero-order valence-corrected chi connectivity index (χ0v) is 14.7. The second-order valence-corrected chi connectivity index (χ2v) is 7.76. The molecule has 1 unspecified atom stereocenters.